The molecule has 0 saturated heterocycles. The second-order valence-electron chi connectivity index (χ2n) is 7.41. The molecule has 3 rings (SSSR count). The Bertz CT molecular complexity index is 987. The van der Waals surface area contributed by atoms with Crippen LogP contribution in [0.3, 0.4) is 0 Å². The fourth-order valence-electron chi connectivity index (χ4n) is 3.68. The van der Waals surface area contributed by atoms with Gasteiger partial charge in [0.15, 0.2) is 5.96 Å². The molecule has 2 N–H and O–H groups in total. The van der Waals surface area contributed by atoms with Crippen molar-refractivity contribution < 1.29 is 4.52 Å². The molecule has 1 aromatic carbocycles. The lowest BCUT2D eigenvalue weighted by Gasteiger charge is -2.17. The highest BCUT2D eigenvalue weighted by atomic mass is 127. The number of nitrogens with zero attached hydrogens (tertiary/aromatic N) is 4. The summed E-state index contributed by atoms with van der Waals surface area (Å²) >= 11 is 0. The summed E-state index contributed by atoms with van der Waals surface area (Å²) in [5.41, 5.74) is 6.45. The van der Waals surface area contributed by atoms with Gasteiger partial charge in [-0.05, 0) is 45.4 Å². The number of hydrogen-bond donors (Lipinski definition) is 2. The van der Waals surface area contributed by atoms with Crippen molar-refractivity contribution in [3.05, 3.63) is 64.3 Å². The molecule has 0 bridgehead atoms. The van der Waals surface area contributed by atoms with Crippen LogP contribution in [-0.4, -0.2) is 34.5 Å². The van der Waals surface area contributed by atoms with Crippen LogP contribution in [0.1, 0.15) is 46.8 Å². The van der Waals surface area contributed by atoms with Gasteiger partial charge >= 0.3 is 0 Å². The first kappa shape index (κ1) is 23.9. The fourth-order valence-corrected chi connectivity index (χ4v) is 3.68. The first-order valence-electron chi connectivity index (χ1n) is 9.89. The molecular formula is C22H31IN6O. The van der Waals surface area contributed by atoms with E-state index in [1.165, 1.54) is 0 Å². The molecule has 162 valence electrons. The predicted molar refractivity (Wildman–Crippen MR) is 131 cm³/mol. The van der Waals surface area contributed by atoms with Crippen LogP contribution in [0, 0.1) is 27.7 Å². The molecule has 0 spiro atoms. The standard InChI is InChI=1S/C22H30N6O.HI/c1-14(21-17(4)27-29-18(21)5)12-24-22(23-6)25-13-19-9-7-8-10-20(19)28-16(3)11-15(2)26-28;/h7-11,14H,12-13H2,1-6H3,(H2,23,24,25);1H. The van der Waals surface area contributed by atoms with Crippen molar-refractivity contribution in [3.8, 4) is 5.69 Å². The molecule has 30 heavy (non-hydrogen) atoms. The molecule has 0 saturated carbocycles. The monoisotopic (exact) mass is 522 g/mol. The van der Waals surface area contributed by atoms with Crippen LogP contribution in [0.2, 0.25) is 0 Å². The number of guanidine groups is 1. The minimum absolute atomic E-state index is 0. The number of nitrogens with one attached hydrogen (secondary N) is 2. The highest BCUT2D eigenvalue weighted by molar-refractivity contribution is 14.0. The maximum absolute atomic E-state index is 5.29. The van der Waals surface area contributed by atoms with Gasteiger partial charge < -0.3 is 15.2 Å². The van der Waals surface area contributed by atoms with Crippen molar-refractivity contribution >= 4 is 29.9 Å². The van der Waals surface area contributed by atoms with Crippen LogP contribution >= 0.6 is 24.0 Å². The zero-order chi connectivity index (χ0) is 21.0. The Morgan fingerprint density at radius 2 is 1.90 bits per heavy atom. The number of rotatable bonds is 6. The van der Waals surface area contributed by atoms with Crippen molar-refractivity contribution in [1.29, 1.82) is 0 Å². The predicted octanol–water partition coefficient (Wildman–Crippen LogP) is 4.18. The number of aliphatic imine (C=N–C) groups is 1. The van der Waals surface area contributed by atoms with E-state index in [2.05, 4.69) is 57.9 Å². The van der Waals surface area contributed by atoms with E-state index in [0.29, 0.717) is 6.54 Å². The summed E-state index contributed by atoms with van der Waals surface area (Å²) in [6.45, 7) is 11.6. The third-order valence-electron chi connectivity index (χ3n) is 5.06. The lowest BCUT2D eigenvalue weighted by atomic mass is 10.00. The van der Waals surface area contributed by atoms with Crippen LogP contribution in [0.15, 0.2) is 39.8 Å². The van der Waals surface area contributed by atoms with Crippen LogP contribution in [-0.2, 0) is 6.54 Å². The van der Waals surface area contributed by atoms with Gasteiger partial charge in [-0.15, -0.1) is 24.0 Å². The zero-order valence-electron chi connectivity index (χ0n) is 18.5. The lowest BCUT2D eigenvalue weighted by Crippen LogP contribution is -2.38. The van der Waals surface area contributed by atoms with E-state index in [0.717, 1.165) is 52.2 Å². The van der Waals surface area contributed by atoms with E-state index in [1.54, 1.807) is 7.05 Å². The number of hydrogen-bond acceptors (Lipinski definition) is 4. The molecule has 1 unspecified atom stereocenters. The summed E-state index contributed by atoms with van der Waals surface area (Å²) in [5.74, 6) is 1.90. The van der Waals surface area contributed by atoms with Crippen LogP contribution in [0.5, 0.6) is 0 Å². The van der Waals surface area contributed by atoms with Gasteiger partial charge in [0.2, 0.25) is 0 Å². The average molecular weight is 522 g/mol. The molecule has 2 aromatic heterocycles. The van der Waals surface area contributed by atoms with Crippen LogP contribution in [0.25, 0.3) is 5.69 Å². The molecule has 0 amide bonds. The van der Waals surface area contributed by atoms with E-state index in [9.17, 15) is 0 Å². The molecule has 0 aliphatic rings. The zero-order valence-corrected chi connectivity index (χ0v) is 20.8. The third-order valence-corrected chi connectivity index (χ3v) is 5.06. The van der Waals surface area contributed by atoms with Gasteiger partial charge in [0, 0.05) is 37.3 Å². The van der Waals surface area contributed by atoms with Crippen molar-refractivity contribution in [1.82, 2.24) is 25.6 Å². The summed E-state index contributed by atoms with van der Waals surface area (Å²) in [6, 6.07) is 10.4. The second kappa shape index (κ2) is 10.6. The molecule has 7 nitrogen and oxygen atoms in total. The Labute approximate surface area is 195 Å². The van der Waals surface area contributed by atoms with Gasteiger partial charge in [0.1, 0.15) is 5.76 Å². The molecule has 1 atom stereocenters. The molecule has 0 aliphatic heterocycles. The Hall–Kier alpha value is -2.36. The third kappa shape index (κ3) is 5.41. The average Bonchev–Trinajstić information content (AvgIpc) is 3.22. The minimum atomic E-state index is 0. The van der Waals surface area contributed by atoms with E-state index >= 15 is 0 Å². The largest absolute Gasteiger partial charge is 0.361 e. The van der Waals surface area contributed by atoms with Gasteiger partial charge in [-0.2, -0.15) is 5.10 Å². The molecule has 0 fully saturated rings. The van der Waals surface area contributed by atoms with E-state index in [-0.39, 0.29) is 29.9 Å². The summed E-state index contributed by atoms with van der Waals surface area (Å²) in [4.78, 5) is 4.36. The van der Waals surface area contributed by atoms with Crippen LogP contribution in [0.4, 0.5) is 0 Å². The Morgan fingerprint density at radius 3 is 2.50 bits per heavy atom. The highest BCUT2D eigenvalue weighted by Gasteiger charge is 2.17. The molecule has 3 aromatic rings. The number of aryl methyl sites for hydroxylation is 4. The lowest BCUT2D eigenvalue weighted by molar-refractivity contribution is 0.391. The van der Waals surface area contributed by atoms with E-state index < -0.39 is 0 Å². The Morgan fingerprint density at radius 1 is 1.17 bits per heavy atom. The van der Waals surface area contributed by atoms with Crippen molar-refractivity contribution in [2.75, 3.05) is 13.6 Å². The summed E-state index contributed by atoms with van der Waals surface area (Å²) in [7, 11) is 1.78. The molecule has 0 aliphatic carbocycles. The number of aromatic nitrogens is 3. The molecule has 2 heterocycles. The first-order valence-corrected chi connectivity index (χ1v) is 9.89. The highest BCUT2D eigenvalue weighted by Crippen LogP contribution is 2.22. The van der Waals surface area contributed by atoms with Gasteiger partial charge in [0.05, 0.1) is 17.1 Å². The smallest absolute Gasteiger partial charge is 0.191 e. The first-order chi connectivity index (χ1) is 13.9. The van der Waals surface area contributed by atoms with Crippen LogP contribution < -0.4 is 10.6 Å². The topological polar surface area (TPSA) is 80.3 Å². The SMILES string of the molecule is CN=C(NCc1ccccc1-n1nc(C)cc1C)NCC(C)c1c(C)noc1C.I. The summed E-state index contributed by atoms with van der Waals surface area (Å²) in [6.07, 6.45) is 0. The maximum Gasteiger partial charge on any atom is 0.191 e. The molecule has 8 heteroatoms. The van der Waals surface area contributed by atoms with E-state index in [4.69, 9.17) is 4.52 Å². The Kier molecular flexibility index (Phi) is 8.45. The van der Waals surface area contributed by atoms with E-state index in [1.807, 2.05) is 37.6 Å². The quantitative estimate of drug-likeness (QED) is 0.289. The van der Waals surface area contributed by atoms with Crippen molar-refractivity contribution in [2.45, 2.75) is 47.1 Å². The van der Waals surface area contributed by atoms with Gasteiger partial charge in [-0.25, -0.2) is 4.68 Å². The minimum Gasteiger partial charge on any atom is -0.361 e. The number of para-hydroxylation sites is 1. The summed E-state index contributed by atoms with van der Waals surface area (Å²) in [5, 5.41) is 15.5. The van der Waals surface area contributed by atoms with Gasteiger partial charge in [-0.1, -0.05) is 30.3 Å². The Balaban J connectivity index is 0.00000320. The maximum atomic E-state index is 5.29. The van der Waals surface area contributed by atoms with Gasteiger partial charge in [0.25, 0.3) is 0 Å². The number of benzene rings is 1. The summed E-state index contributed by atoms with van der Waals surface area (Å²) < 4.78 is 7.28. The molecular weight excluding hydrogens is 491 g/mol. The second-order valence-corrected chi connectivity index (χ2v) is 7.41. The normalized spacial score (nSPS) is 12.4. The fraction of sp³-hybridized carbons (Fsp3) is 0.409. The van der Waals surface area contributed by atoms with Crippen molar-refractivity contribution in [3.63, 3.8) is 0 Å². The van der Waals surface area contributed by atoms with Crippen molar-refractivity contribution in [2.24, 2.45) is 4.99 Å². The molecule has 0 radical (unpaired) electrons. The van der Waals surface area contributed by atoms with Gasteiger partial charge in [-0.3, -0.25) is 4.99 Å². The number of halogens is 1.